The smallest absolute Gasteiger partial charge is 0.173 e. The van der Waals surface area contributed by atoms with Crippen molar-refractivity contribution in [1.82, 2.24) is 10.2 Å². The molecule has 0 aromatic heterocycles. The summed E-state index contributed by atoms with van der Waals surface area (Å²) in [5, 5.41) is 6.46. The number of para-hydroxylation sites is 1. The van der Waals surface area contributed by atoms with Crippen molar-refractivity contribution in [1.29, 1.82) is 0 Å². The van der Waals surface area contributed by atoms with Crippen molar-refractivity contribution in [3.63, 3.8) is 0 Å². The average molecular weight is 435 g/mol. The van der Waals surface area contributed by atoms with Crippen molar-refractivity contribution in [2.75, 3.05) is 32.6 Å². The lowest BCUT2D eigenvalue weighted by molar-refractivity contribution is -0.112. The number of carbonyl (C=O) groups excluding carboxylic acids is 1. The minimum atomic E-state index is -0.606. The zero-order valence-electron chi connectivity index (χ0n) is 18.5. The number of amidine groups is 2. The number of nitrogens with two attached hydrogens (primary N) is 1. The molecule has 0 aliphatic carbocycles. The molecule has 32 heavy (non-hydrogen) atoms. The van der Waals surface area contributed by atoms with E-state index in [4.69, 9.17) is 10.5 Å². The van der Waals surface area contributed by atoms with E-state index in [0.717, 1.165) is 43.5 Å². The van der Waals surface area contributed by atoms with Gasteiger partial charge in [0.2, 0.25) is 0 Å². The Hall–Kier alpha value is -3.23. The normalized spacial score (nSPS) is 19.5. The van der Waals surface area contributed by atoms with Gasteiger partial charge >= 0.3 is 0 Å². The molecule has 0 saturated carbocycles. The lowest BCUT2D eigenvalue weighted by Gasteiger charge is -2.28. The van der Waals surface area contributed by atoms with Crippen LogP contribution in [0.5, 0.6) is 5.75 Å². The lowest BCUT2D eigenvalue weighted by atomic mass is 10.0. The highest BCUT2D eigenvalue weighted by Gasteiger charge is 2.25. The van der Waals surface area contributed by atoms with Crippen molar-refractivity contribution >= 4 is 23.6 Å². The number of fused-ring (bicyclic) bond motifs is 2. The maximum Gasteiger partial charge on any atom is 0.173 e. The molecule has 0 radical (unpaired) electrons. The van der Waals surface area contributed by atoms with Crippen LogP contribution < -0.4 is 21.1 Å². The number of hydrogen-bond donors (Lipinski definition) is 3. The molecule has 168 valence electrons. The van der Waals surface area contributed by atoms with Gasteiger partial charge in [-0.1, -0.05) is 30.3 Å². The topological polar surface area (TPSA) is 104 Å². The summed E-state index contributed by atoms with van der Waals surface area (Å²) in [6, 6.07) is 14.0. The molecule has 0 bridgehead atoms. The molecule has 0 spiro atoms. The summed E-state index contributed by atoms with van der Waals surface area (Å²) in [7, 11) is 3.34. The summed E-state index contributed by atoms with van der Waals surface area (Å²) < 4.78 is 5.46. The molecule has 2 atom stereocenters. The Morgan fingerprint density at radius 3 is 2.62 bits per heavy atom. The highest BCUT2D eigenvalue weighted by Crippen LogP contribution is 2.31. The Morgan fingerprint density at radius 1 is 1.28 bits per heavy atom. The minimum Gasteiger partial charge on any atom is -0.495 e. The summed E-state index contributed by atoms with van der Waals surface area (Å²) in [4.78, 5) is 23.2. The van der Waals surface area contributed by atoms with Crippen LogP contribution in [-0.2, 0) is 17.6 Å². The van der Waals surface area contributed by atoms with Crippen molar-refractivity contribution in [2.45, 2.75) is 31.6 Å². The molecule has 4 rings (SSSR count). The van der Waals surface area contributed by atoms with Gasteiger partial charge in [0, 0.05) is 32.1 Å². The summed E-state index contributed by atoms with van der Waals surface area (Å²) in [6.45, 7) is 1.68. The Labute approximate surface area is 188 Å². The Balaban J connectivity index is 1.48. The number of aliphatic imine (C=N–C) groups is 2. The predicted molar refractivity (Wildman–Crippen MR) is 128 cm³/mol. The van der Waals surface area contributed by atoms with E-state index in [1.165, 1.54) is 11.1 Å². The van der Waals surface area contributed by atoms with Gasteiger partial charge in [0.05, 0.1) is 18.8 Å². The van der Waals surface area contributed by atoms with Crippen LogP contribution in [-0.4, -0.2) is 62.4 Å². The van der Waals surface area contributed by atoms with E-state index in [1.54, 1.807) is 14.2 Å². The molecule has 2 heterocycles. The first-order chi connectivity index (χ1) is 15.6. The average Bonchev–Trinajstić information content (AvgIpc) is 3.04. The highest BCUT2D eigenvalue weighted by molar-refractivity contribution is 6.13. The Morgan fingerprint density at radius 2 is 2.00 bits per heavy atom. The van der Waals surface area contributed by atoms with Crippen LogP contribution in [0.1, 0.15) is 23.1 Å². The summed E-state index contributed by atoms with van der Waals surface area (Å²) in [5.41, 5.74) is 10.5. The number of nitrogens with one attached hydrogen (secondary N) is 2. The van der Waals surface area contributed by atoms with Gasteiger partial charge in [-0.15, -0.1) is 0 Å². The molecular formula is C24H30N6O2. The van der Waals surface area contributed by atoms with Crippen molar-refractivity contribution in [2.24, 2.45) is 15.7 Å². The summed E-state index contributed by atoms with van der Waals surface area (Å²) in [6.07, 6.45) is 2.76. The zero-order chi connectivity index (χ0) is 22.5. The second-order valence-electron chi connectivity index (χ2n) is 7.96. The van der Waals surface area contributed by atoms with Crippen LogP contribution in [0.25, 0.3) is 0 Å². The van der Waals surface area contributed by atoms with Crippen LogP contribution >= 0.6 is 0 Å². The van der Waals surface area contributed by atoms with E-state index < -0.39 is 6.29 Å². The van der Waals surface area contributed by atoms with E-state index in [9.17, 15) is 4.79 Å². The SMILES string of the molecule is CN=C(CC(C=O)N1CCc2ccccc2CC1)NC1=NC(N)Nc2c(OC)cccc21. The predicted octanol–water partition coefficient (Wildman–Crippen LogP) is 1.79. The molecule has 2 aliphatic heterocycles. The van der Waals surface area contributed by atoms with Crippen LogP contribution in [0, 0.1) is 0 Å². The zero-order valence-corrected chi connectivity index (χ0v) is 18.5. The van der Waals surface area contributed by atoms with Gasteiger partial charge in [0.25, 0.3) is 0 Å². The quantitative estimate of drug-likeness (QED) is 0.377. The second kappa shape index (κ2) is 9.93. The molecule has 2 unspecified atom stereocenters. The number of rotatable bonds is 5. The molecule has 2 aliphatic rings. The highest BCUT2D eigenvalue weighted by atomic mass is 16.5. The number of aldehydes is 1. The molecule has 2 aromatic rings. The van der Waals surface area contributed by atoms with Crippen LogP contribution in [0.4, 0.5) is 5.69 Å². The van der Waals surface area contributed by atoms with E-state index in [1.807, 2.05) is 18.2 Å². The Bertz CT molecular complexity index is 1010. The monoisotopic (exact) mass is 434 g/mol. The minimum absolute atomic E-state index is 0.267. The first kappa shape index (κ1) is 22.0. The molecule has 2 aromatic carbocycles. The molecule has 0 amide bonds. The van der Waals surface area contributed by atoms with E-state index in [2.05, 4.69) is 49.8 Å². The van der Waals surface area contributed by atoms with Gasteiger partial charge in [0.1, 0.15) is 23.7 Å². The first-order valence-electron chi connectivity index (χ1n) is 10.9. The van der Waals surface area contributed by atoms with E-state index in [-0.39, 0.29) is 6.04 Å². The molecule has 8 heteroatoms. The standard InChI is InChI=1S/C24H30N6O2/c1-26-21(27-23-19-8-5-9-20(32-2)22(19)28-24(25)29-23)14-18(15-31)30-12-10-16-6-3-4-7-17(16)11-13-30/h3-9,15,18,24,28H,10-14,25H2,1-2H3,(H,26,27,29). The fourth-order valence-electron chi connectivity index (χ4n) is 4.35. The number of nitrogens with zero attached hydrogens (tertiary/aromatic N) is 3. The molecule has 8 nitrogen and oxygen atoms in total. The number of hydrogen-bond acceptors (Lipinski definition) is 7. The fraction of sp³-hybridized carbons (Fsp3) is 0.375. The van der Waals surface area contributed by atoms with Crippen molar-refractivity contribution in [3.05, 3.63) is 59.2 Å². The van der Waals surface area contributed by atoms with Crippen molar-refractivity contribution < 1.29 is 9.53 Å². The van der Waals surface area contributed by atoms with Crippen LogP contribution in [0.15, 0.2) is 52.4 Å². The van der Waals surface area contributed by atoms with E-state index in [0.29, 0.717) is 23.8 Å². The van der Waals surface area contributed by atoms with Gasteiger partial charge in [-0.3, -0.25) is 15.6 Å². The van der Waals surface area contributed by atoms with Gasteiger partial charge in [-0.05, 0) is 36.1 Å². The summed E-state index contributed by atoms with van der Waals surface area (Å²) >= 11 is 0. The molecular weight excluding hydrogens is 404 g/mol. The third-order valence-corrected chi connectivity index (χ3v) is 6.08. The number of methoxy groups -OCH3 is 1. The lowest BCUT2D eigenvalue weighted by Crippen LogP contribution is -2.45. The third-order valence-electron chi connectivity index (χ3n) is 6.08. The summed E-state index contributed by atoms with van der Waals surface area (Å²) in [5.74, 6) is 1.99. The van der Waals surface area contributed by atoms with Crippen LogP contribution in [0.2, 0.25) is 0 Å². The van der Waals surface area contributed by atoms with Gasteiger partial charge in [-0.25, -0.2) is 4.99 Å². The molecule has 0 fully saturated rings. The largest absolute Gasteiger partial charge is 0.495 e. The van der Waals surface area contributed by atoms with Gasteiger partial charge < -0.3 is 20.2 Å². The number of benzene rings is 2. The van der Waals surface area contributed by atoms with Crippen LogP contribution in [0.3, 0.4) is 0 Å². The fourth-order valence-corrected chi connectivity index (χ4v) is 4.35. The maximum atomic E-state index is 12.1. The second-order valence-corrected chi connectivity index (χ2v) is 7.96. The van der Waals surface area contributed by atoms with E-state index >= 15 is 0 Å². The van der Waals surface area contributed by atoms with Crippen molar-refractivity contribution in [3.8, 4) is 5.75 Å². The molecule has 0 saturated heterocycles. The third kappa shape index (κ3) is 4.66. The van der Waals surface area contributed by atoms with Gasteiger partial charge in [0.15, 0.2) is 6.29 Å². The first-order valence-corrected chi connectivity index (χ1v) is 10.9. The number of ether oxygens (including phenoxy) is 1. The number of anilines is 1. The number of carbonyl (C=O) groups is 1. The maximum absolute atomic E-state index is 12.1. The molecule has 4 N–H and O–H groups in total. The Kier molecular flexibility index (Phi) is 6.82. The van der Waals surface area contributed by atoms with Gasteiger partial charge in [-0.2, -0.15) is 0 Å².